The molecule has 0 aliphatic carbocycles. The first-order valence-corrected chi connectivity index (χ1v) is 3.77. The minimum atomic E-state index is -2.57. The molecule has 0 aromatic rings. The molecule has 0 amide bonds. The van der Waals surface area contributed by atoms with E-state index in [0.29, 0.717) is 0 Å². The summed E-state index contributed by atoms with van der Waals surface area (Å²) in [6, 6.07) is 0. The molecule has 0 aliphatic heterocycles. The van der Waals surface area contributed by atoms with E-state index in [2.05, 4.69) is 4.52 Å². The molecule has 2 N–H and O–H groups in total. The Labute approximate surface area is 83.8 Å². The molecule has 7 heteroatoms. The Hall–Kier alpha value is 0.373. The third kappa shape index (κ3) is 13.4. The average molecular weight is 258 g/mol. The van der Waals surface area contributed by atoms with Crippen LogP contribution in [-0.4, -0.2) is 22.6 Å². The summed E-state index contributed by atoms with van der Waals surface area (Å²) >= 11 is 0. The topological polar surface area (TPSA) is 83.8 Å². The molecule has 0 saturated heterocycles. The summed E-state index contributed by atoms with van der Waals surface area (Å²) in [7, 11) is -2.57. The molecule has 0 saturated carbocycles. The summed E-state index contributed by atoms with van der Waals surface area (Å²) < 4.78 is 14.0. The number of carboxylic acids is 1. The van der Waals surface area contributed by atoms with E-state index in [1.165, 1.54) is 0 Å². The predicted molar refractivity (Wildman–Crippen MR) is 32.6 cm³/mol. The molecule has 0 fully saturated rings. The van der Waals surface area contributed by atoms with Gasteiger partial charge in [0.15, 0.2) is 0 Å². The zero-order valence-corrected chi connectivity index (χ0v) is 9.04. The van der Waals surface area contributed by atoms with Crippen molar-refractivity contribution in [3.8, 4) is 0 Å². The van der Waals surface area contributed by atoms with Crippen LogP contribution in [0.15, 0.2) is 0 Å². The van der Waals surface area contributed by atoms with E-state index in [9.17, 15) is 9.36 Å². The number of carboxylic acid groups (broad SMARTS) is 1. The summed E-state index contributed by atoms with van der Waals surface area (Å²) in [5.74, 6) is -0.934. The summed E-state index contributed by atoms with van der Waals surface area (Å²) in [5.41, 5.74) is 0. The molecule has 5 nitrogen and oxygen atoms in total. The minimum absolute atomic E-state index is 0. The van der Waals surface area contributed by atoms with Gasteiger partial charge in [-0.15, -0.1) is 9.42 Å². The van der Waals surface area contributed by atoms with E-state index in [1.54, 1.807) is 0 Å². The van der Waals surface area contributed by atoms with E-state index < -0.39 is 14.2 Å². The van der Waals surface area contributed by atoms with Crippen LogP contribution in [0, 0.1) is 0 Å². The molecule has 0 spiro atoms. The molecule has 0 aromatic heterocycles. The Morgan fingerprint density at radius 1 is 1.55 bits per heavy atom. The Morgan fingerprint density at radius 2 is 2.09 bits per heavy atom. The number of aliphatic carboxylic acids is 1. The second kappa shape index (κ2) is 8.47. The number of rotatable bonds is 5. The molecule has 1 atom stereocenters. The number of carbonyl (C=O) groups is 1. The first-order chi connectivity index (χ1) is 4.63. The van der Waals surface area contributed by atoms with Crippen molar-refractivity contribution < 1.29 is 50.1 Å². The van der Waals surface area contributed by atoms with Gasteiger partial charge in [0.25, 0.3) is 0 Å². The van der Waals surface area contributed by atoms with Gasteiger partial charge in [-0.3, -0.25) is 4.79 Å². The molecule has 0 bridgehead atoms. The number of hydrogen-bond acceptors (Lipinski definition) is 3. The van der Waals surface area contributed by atoms with Crippen LogP contribution >= 0.6 is 8.25 Å². The van der Waals surface area contributed by atoms with E-state index in [1.807, 2.05) is 0 Å². The van der Waals surface area contributed by atoms with Gasteiger partial charge in [0.1, 0.15) is 6.61 Å². The van der Waals surface area contributed by atoms with Crippen LogP contribution in [0.1, 0.15) is 12.8 Å². The van der Waals surface area contributed by atoms with Crippen LogP contribution in [0.3, 0.4) is 0 Å². The van der Waals surface area contributed by atoms with E-state index in [4.69, 9.17) is 10.00 Å². The predicted octanol–water partition coefficient (Wildman–Crippen LogP) is 0.515. The zero-order valence-electron chi connectivity index (χ0n) is 5.69. The largest absolute Gasteiger partial charge is 0.694 e. The van der Waals surface area contributed by atoms with Crippen molar-refractivity contribution in [2.45, 2.75) is 12.8 Å². The van der Waals surface area contributed by atoms with Crippen LogP contribution in [-0.2, 0) is 40.1 Å². The Kier molecular flexibility index (Phi) is 10.7. The van der Waals surface area contributed by atoms with Gasteiger partial charge in [-0.2, -0.15) is 0 Å². The van der Waals surface area contributed by atoms with Crippen molar-refractivity contribution in [3.05, 3.63) is 0 Å². The van der Waals surface area contributed by atoms with Crippen LogP contribution in [0.25, 0.3) is 0 Å². The standard InChI is InChI=1S/C4H7O5P.Zr/c5-4(6)2-1-3-9-10(7)8;/h1-3H2,(H-,5,6,7,8);/p+1. The third-order valence-corrected chi connectivity index (χ3v) is 1.14. The molecule has 0 aromatic carbocycles. The van der Waals surface area contributed by atoms with Crippen molar-refractivity contribution in [3.63, 3.8) is 0 Å². The maximum Gasteiger partial charge on any atom is 0.694 e. The minimum Gasteiger partial charge on any atom is -0.481 e. The maximum absolute atomic E-state index is 9.85. The summed E-state index contributed by atoms with van der Waals surface area (Å²) in [5, 5.41) is 8.09. The Bertz CT molecular complexity index is 122. The molecule has 0 radical (unpaired) electrons. The van der Waals surface area contributed by atoms with E-state index >= 15 is 0 Å². The van der Waals surface area contributed by atoms with Crippen molar-refractivity contribution in [1.82, 2.24) is 0 Å². The average Bonchev–Trinajstić information content (AvgIpc) is 1.79. The van der Waals surface area contributed by atoms with Crippen molar-refractivity contribution >= 4 is 14.2 Å². The van der Waals surface area contributed by atoms with Gasteiger partial charge >= 0.3 is 14.2 Å². The zero-order chi connectivity index (χ0) is 7.98. The molecule has 0 aliphatic rings. The Balaban J connectivity index is 0. The van der Waals surface area contributed by atoms with Gasteiger partial charge in [0.2, 0.25) is 0 Å². The first-order valence-electron chi connectivity index (χ1n) is 2.64. The molecular weight excluding hydrogens is 250 g/mol. The molecule has 62 valence electrons. The monoisotopic (exact) mass is 257 g/mol. The molecule has 11 heavy (non-hydrogen) atoms. The smallest absolute Gasteiger partial charge is 0.481 e. The van der Waals surface area contributed by atoms with Crippen molar-refractivity contribution in [2.75, 3.05) is 6.61 Å². The van der Waals surface area contributed by atoms with Crippen LogP contribution in [0.5, 0.6) is 0 Å². The SMILES string of the molecule is O=C(O)CCCO[P+](=O)O.[Zr]. The Morgan fingerprint density at radius 3 is 2.45 bits per heavy atom. The fourth-order valence-corrected chi connectivity index (χ4v) is 0.651. The van der Waals surface area contributed by atoms with Crippen molar-refractivity contribution in [1.29, 1.82) is 0 Å². The van der Waals surface area contributed by atoms with Gasteiger partial charge in [-0.25, -0.2) is 0 Å². The van der Waals surface area contributed by atoms with Gasteiger partial charge in [-0.05, 0) is 6.42 Å². The fraction of sp³-hybridized carbons (Fsp3) is 0.750. The van der Waals surface area contributed by atoms with E-state index in [-0.39, 0.29) is 45.7 Å². The second-order valence-electron chi connectivity index (χ2n) is 1.57. The van der Waals surface area contributed by atoms with Gasteiger partial charge in [0.05, 0.1) is 0 Å². The van der Waals surface area contributed by atoms with Gasteiger partial charge in [0, 0.05) is 37.2 Å². The maximum atomic E-state index is 9.85. The molecule has 0 heterocycles. The molecule has 0 rings (SSSR count). The normalized spacial score (nSPS) is 10.1. The van der Waals surface area contributed by atoms with Crippen LogP contribution < -0.4 is 0 Å². The quantitative estimate of drug-likeness (QED) is 0.554. The van der Waals surface area contributed by atoms with E-state index in [0.717, 1.165) is 0 Å². The third-order valence-electron chi connectivity index (χ3n) is 0.737. The summed E-state index contributed by atoms with van der Waals surface area (Å²) in [6.07, 6.45) is 0.222. The van der Waals surface area contributed by atoms with Gasteiger partial charge in [-0.1, -0.05) is 0 Å². The molecular formula is C4H8O5PZr+. The fourth-order valence-electron chi connectivity index (χ4n) is 0.366. The summed E-state index contributed by atoms with van der Waals surface area (Å²) in [4.78, 5) is 17.9. The summed E-state index contributed by atoms with van der Waals surface area (Å²) in [6.45, 7) is 0.0119. The van der Waals surface area contributed by atoms with Crippen LogP contribution in [0.2, 0.25) is 0 Å². The molecule has 1 unspecified atom stereocenters. The number of hydrogen-bond donors (Lipinski definition) is 2. The van der Waals surface area contributed by atoms with Crippen LogP contribution in [0.4, 0.5) is 0 Å². The van der Waals surface area contributed by atoms with Crippen molar-refractivity contribution in [2.24, 2.45) is 0 Å². The van der Waals surface area contributed by atoms with Gasteiger partial charge < -0.3 is 5.11 Å². The first kappa shape index (κ1) is 13.9. The second-order valence-corrected chi connectivity index (χ2v) is 2.30.